The molecule has 84 valence electrons. The Kier molecular flexibility index (Phi) is 3.01. The third-order valence-electron chi connectivity index (χ3n) is 2.69. The van der Waals surface area contributed by atoms with E-state index in [1.807, 2.05) is 0 Å². The van der Waals surface area contributed by atoms with Gasteiger partial charge in [-0.25, -0.2) is 0 Å². The third kappa shape index (κ3) is 2.11. The molecule has 4 heteroatoms. The number of anilines is 1. The molecule has 1 aromatic rings. The van der Waals surface area contributed by atoms with E-state index in [1.54, 1.807) is 29.2 Å². The van der Waals surface area contributed by atoms with E-state index >= 15 is 0 Å². The Hall–Kier alpha value is -1.29. The highest BCUT2D eigenvalue weighted by atomic mass is 32.1. The molecular formula is C12H13NO2S. The maximum atomic E-state index is 11.6. The quantitative estimate of drug-likeness (QED) is 0.628. The summed E-state index contributed by atoms with van der Waals surface area (Å²) in [4.78, 5) is 24.4. The zero-order chi connectivity index (χ0) is 11.7. The highest BCUT2D eigenvalue weighted by Gasteiger charge is 2.28. The third-order valence-corrected chi connectivity index (χ3v) is 3.04. The van der Waals surface area contributed by atoms with E-state index in [2.05, 4.69) is 12.6 Å². The molecule has 2 rings (SSSR count). The highest BCUT2D eigenvalue weighted by Crippen LogP contribution is 2.24. The minimum Gasteiger partial charge on any atom is -0.311 e. The molecule has 3 nitrogen and oxygen atoms in total. The van der Waals surface area contributed by atoms with Gasteiger partial charge in [-0.05, 0) is 31.2 Å². The normalized spacial score (nSPS) is 20.2. The van der Waals surface area contributed by atoms with Crippen molar-refractivity contribution in [2.75, 3.05) is 11.4 Å². The van der Waals surface area contributed by atoms with Crippen molar-refractivity contribution < 1.29 is 9.59 Å². The number of hydrogen-bond donors (Lipinski definition) is 1. The molecule has 0 aliphatic carbocycles. The van der Waals surface area contributed by atoms with E-state index in [4.69, 9.17) is 0 Å². The van der Waals surface area contributed by atoms with Gasteiger partial charge in [-0.3, -0.25) is 9.59 Å². The molecule has 0 spiro atoms. The largest absolute Gasteiger partial charge is 0.311 e. The van der Waals surface area contributed by atoms with Gasteiger partial charge >= 0.3 is 0 Å². The van der Waals surface area contributed by atoms with Crippen molar-refractivity contribution in [3.05, 3.63) is 29.8 Å². The maximum Gasteiger partial charge on any atom is 0.228 e. The maximum absolute atomic E-state index is 11.6. The Balaban J connectivity index is 2.22. The van der Waals surface area contributed by atoms with Crippen molar-refractivity contribution in [3.8, 4) is 0 Å². The van der Waals surface area contributed by atoms with Crippen LogP contribution >= 0.6 is 12.6 Å². The molecule has 1 aliphatic heterocycles. The Morgan fingerprint density at radius 2 is 2.00 bits per heavy atom. The lowest BCUT2D eigenvalue weighted by Crippen LogP contribution is -2.24. The van der Waals surface area contributed by atoms with Crippen LogP contribution in [0.25, 0.3) is 0 Å². The first-order valence-electron chi connectivity index (χ1n) is 5.17. The van der Waals surface area contributed by atoms with Crippen LogP contribution in [0.15, 0.2) is 24.3 Å². The summed E-state index contributed by atoms with van der Waals surface area (Å²) in [5.74, 6) is 0.127. The fraction of sp³-hybridized carbons (Fsp3) is 0.333. The topological polar surface area (TPSA) is 37.4 Å². The molecule has 0 bridgehead atoms. The van der Waals surface area contributed by atoms with Crippen molar-refractivity contribution in [1.29, 1.82) is 0 Å². The lowest BCUT2D eigenvalue weighted by atomic mass is 10.1. The van der Waals surface area contributed by atoms with Crippen molar-refractivity contribution >= 4 is 30.0 Å². The van der Waals surface area contributed by atoms with Crippen LogP contribution < -0.4 is 4.90 Å². The lowest BCUT2D eigenvalue weighted by Gasteiger charge is -2.16. The van der Waals surface area contributed by atoms with Crippen LogP contribution in [0.2, 0.25) is 0 Å². The van der Waals surface area contributed by atoms with E-state index in [0.717, 1.165) is 5.69 Å². The molecule has 1 aromatic carbocycles. The van der Waals surface area contributed by atoms with Gasteiger partial charge in [0.25, 0.3) is 0 Å². The van der Waals surface area contributed by atoms with E-state index in [0.29, 0.717) is 18.5 Å². The molecule has 0 radical (unpaired) electrons. The van der Waals surface area contributed by atoms with Gasteiger partial charge in [-0.15, -0.1) is 0 Å². The molecule has 1 fully saturated rings. The molecule has 0 saturated carbocycles. The lowest BCUT2D eigenvalue weighted by molar-refractivity contribution is -0.117. The molecule has 0 N–H and O–H groups in total. The Morgan fingerprint density at radius 1 is 1.38 bits per heavy atom. The van der Waals surface area contributed by atoms with Crippen LogP contribution in [-0.4, -0.2) is 23.5 Å². The van der Waals surface area contributed by atoms with E-state index in [1.165, 1.54) is 6.92 Å². The first-order valence-corrected chi connectivity index (χ1v) is 5.69. The predicted octanol–water partition coefficient (Wildman–Crippen LogP) is 1.92. The van der Waals surface area contributed by atoms with E-state index in [9.17, 15) is 9.59 Å². The number of hydrogen-bond acceptors (Lipinski definition) is 3. The van der Waals surface area contributed by atoms with E-state index < -0.39 is 0 Å². The molecule has 0 aromatic heterocycles. The first kappa shape index (κ1) is 11.2. The van der Waals surface area contributed by atoms with Crippen LogP contribution in [0.3, 0.4) is 0 Å². The number of nitrogens with zero attached hydrogens (tertiary/aromatic N) is 1. The molecule has 1 unspecified atom stereocenters. The first-order chi connectivity index (χ1) is 7.58. The fourth-order valence-corrected chi connectivity index (χ4v) is 2.13. The van der Waals surface area contributed by atoms with Crippen LogP contribution in [0.5, 0.6) is 0 Å². The summed E-state index contributed by atoms with van der Waals surface area (Å²) in [7, 11) is 0. The SMILES string of the molecule is CC(=O)c1ccc(N2CC(S)CC2=O)cc1. The van der Waals surface area contributed by atoms with Crippen LogP contribution in [0, 0.1) is 0 Å². The second kappa shape index (κ2) is 4.29. The fourth-order valence-electron chi connectivity index (χ4n) is 1.81. The van der Waals surface area contributed by atoms with Crippen molar-refractivity contribution in [2.45, 2.75) is 18.6 Å². The molecule has 1 atom stereocenters. The summed E-state index contributed by atoms with van der Waals surface area (Å²) in [6.45, 7) is 2.17. The van der Waals surface area contributed by atoms with Gasteiger partial charge in [-0.1, -0.05) is 0 Å². The zero-order valence-electron chi connectivity index (χ0n) is 9.01. The Bertz CT molecular complexity index is 427. The molecule has 1 heterocycles. The molecule has 1 amide bonds. The minimum absolute atomic E-state index is 0.0337. The monoisotopic (exact) mass is 235 g/mol. The van der Waals surface area contributed by atoms with Gasteiger partial charge in [0.15, 0.2) is 5.78 Å². The standard InChI is InChI=1S/C12H13NO2S/c1-8(14)9-2-4-10(5-3-9)13-7-11(16)6-12(13)15/h2-5,11,16H,6-7H2,1H3. The number of amides is 1. The molecular weight excluding hydrogens is 222 g/mol. The van der Waals surface area contributed by atoms with Crippen molar-refractivity contribution in [2.24, 2.45) is 0 Å². The summed E-state index contributed by atoms with van der Waals surface area (Å²) < 4.78 is 0. The van der Waals surface area contributed by atoms with Crippen LogP contribution in [-0.2, 0) is 4.79 Å². The van der Waals surface area contributed by atoms with Gasteiger partial charge < -0.3 is 4.90 Å². The number of thiol groups is 1. The Labute approximate surface area is 99.9 Å². The number of ketones is 1. The number of carbonyl (C=O) groups excluding carboxylic acids is 2. The van der Waals surface area contributed by atoms with Gasteiger partial charge in [0.05, 0.1) is 0 Å². The van der Waals surface area contributed by atoms with Crippen LogP contribution in [0.4, 0.5) is 5.69 Å². The number of benzene rings is 1. The number of Topliss-reactive ketones (excluding diaryl/α,β-unsaturated/α-hetero) is 1. The predicted molar refractivity (Wildman–Crippen MR) is 66.2 cm³/mol. The van der Waals surface area contributed by atoms with Gasteiger partial charge in [0.1, 0.15) is 0 Å². The van der Waals surface area contributed by atoms with Crippen LogP contribution in [0.1, 0.15) is 23.7 Å². The summed E-state index contributed by atoms with van der Waals surface area (Å²) in [5, 5.41) is 0.111. The zero-order valence-corrected chi connectivity index (χ0v) is 9.91. The van der Waals surface area contributed by atoms with Crippen molar-refractivity contribution in [3.63, 3.8) is 0 Å². The number of carbonyl (C=O) groups is 2. The van der Waals surface area contributed by atoms with E-state index in [-0.39, 0.29) is 16.9 Å². The number of rotatable bonds is 2. The second-order valence-electron chi connectivity index (χ2n) is 3.97. The summed E-state index contributed by atoms with van der Waals surface area (Å²) >= 11 is 4.30. The van der Waals surface area contributed by atoms with Crippen molar-refractivity contribution in [1.82, 2.24) is 0 Å². The average molecular weight is 235 g/mol. The van der Waals surface area contributed by atoms with Gasteiger partial charge in [0.2, 0.25) is 5.91 Å². The average Bonchev–Trinajstić information content (AvgIpc) is 2.58. The molecule has 1 aliphatic rings. The van der Waals surface area contributed by atoms with Gasteiger partial charge in [0, 0.05) is 29.5 Å². The summed E-state index contributed by atoms with van der Waals surface area (Å²) in [5.41, 5.74) is 1.50. The molecule has 16 heavy (non-hydrogen) atoms. The summed E-state index contributed by atoms with van der Waals surface area (Å²) in [6.07, 6.45) is 0.484. The highest BCUT2D eigenvalue weighted by molar-refractivity contribution is 7.81. The second-order valence-corrected chi connectivity index (χ2v) is 4.70. The smallest absolute Gasteiger partial charge is 0.228 e. The molecule has 1 saturated heterocycles. The Morgan fingerprint density at radius 3 is 2.44 bits per heavy atom. The minimum atomic E-state index is 0.0337. The summed E-state index contributed by atoms with van der Waals surface area (Å²) in [6, 6.07) is 7.11. The van der Waals surface area contributed by atoms with Gasteiger partial charge in [-0.2, -0.15) is 12.6 Å².